The number of nitrogens with one attached hydrogen (secondary N) is 1. The van der Waals surface area contributed by atoms with Crippen molar-refractivity contribution in [3.63, 3.8) is 0 Å². The largest absolute Gasteiger partial charge is 0.361 e. The number of thiophene rings is 1. The Kier molecular flexibility index (Phi) is 2.79. The second-order valence-corrected chi connectivity index (χ2v) is 4.42. The second-order valence-electron chi connectivity index (χ2n) is 2.92. The molecule has 0 unspecified atom stereocenters. The molecule has 0 aliphatic carbocycles. The van der Waals surface area contributed by atoms with E-state index in [9.17, 15) is 0 Å². The summed E-state index contributed by atoms with van der Waals surface area (Å²) < 4.78 is 4.31. The number of rotatable bonds is 3. The van der Waals surface area contributed by atoms with Gasteiger partial charge < -0.3 is 5.32 Å². The lowest BCUT2D eigenvalue weighted by molar-refractivity contribution is 1.18. The molecule has 2 rings (SSSR count). The van der Waals surface area contributed by atoms with Crippen LogP contribution in [0.15, 0.2) is 10.8 Å². The normalized spacial score (nSPS) is 10.4. The van der Waals surface area contributed by atoms with Crippen LogP contribution in [0.25, 0.3) is 11.4 Å². The van der Waals surface area contributed by atoms with E-state index in [2.05, 4.69) is 39.3 Å². The molecule has 0 aromatic carbocycles. The van der Waals surface area contributed by atoms with E-state index in [1.807, 2.05) is 0 Å². The lowest BCUT2D eigenvalue weighted by Crippen LogP contribution is -1.94. The van der Waals surface area contributed by atoms with Gasteiger partial charge in [-0.15, -0.1) is 0 Å². The van der Waals surface area contributed by atoms with Crippen molar-refractivity contribution in [3.8, 4) is 11.4 Å². The van der Waals surface area contributed by atoms with E-state index in [-0.39, 0.29) is 0 Å². The molecule has 0 fully saturated rings. The highest BCUT2D eigenvalue weighted by Crippen LogP contribution is 2.26. The molecule has 0 saturated heterocycles. The standard InChI is InChI=1S/C9H11N3S2/c1-3-10-9-11-8(12-14-9)7-5-13-4-6(7)2/h4-5H,3H2,1-2H3,(H,10,11,12). The lowest BCUT2D eigenvalue weighted by Gasteiger charge is -1.93. The van der Waals surface area contributed by atoms with E-state index in [4.69, 9.17) is 0 Å². The monoisotopic (exact) mass is 225 g/mol. The van der Waals surface area contributed by atoms with Gasteiger partial charge in [0.25, 0.3) is 0 Å². The van der Waals surface area contributed by atoms with Crippen LogP contribution in [-0.4, -0.2) is 15.9 Å². The second kappa shape index (κ2) is 4.06. The summed E-state index contributed by atoms with van der Waals surface area (Å²) in [6, 6.07) is 0. The van der Waals surface area contributed by atoms with Gasteiger partial charge in [-0.2, -0.15) is 20.7 Å². The van der Waals surface area contributed by atoms with Gasteiger partial charge in [-0.25, -0.2) is 0 Å². The van der Waals surface area contributed by atoms with E-state index < -0.39 is 0 Å². The highest BCUT2D eigenvalue weighted by Gasteiger charge is 2.08. The molecule has 0 atom stereocenters. The summed E-state index contributed by atoms with van der Waals surface area (Å²) in [6.45, 7) is 5.02. The van der Waals surface area contributed by atoms with Crippen LogP contribution in [-0.2, 0) is 0 Å². The minimum Gasteiger partial charge on any atom is -0.361 e. The fraction of sp³-hybridized carbons (Fsp3) is 0.333. The summed E-state index contributed by atoms with van der Waals surface area (Å²) in [4.78, 5) is 4.41. The van der Waals surface area contributed by atoms with Crippen LogP contribution < -0.4 is 5.32 Å². The summed E-state index contributed by atoms with van der Waals surface area (Å²) >= 11 is 3.10. The Morgan fingerprint density at radius 1 is 1.43 bits per heavy atom. The lowest BCUT2D eigenvalue weighted by atomic mass is 10.2. The molecule has 74 valence electrons. The topological polar surface area (TPSA) is 37.8 Å². The van der Waals surface area contributed by atoms with Crippen LogP contribution in [0.3, 0.4) is 0 Å². The maximum absolute atomic E-state index is 4.41. The molecule has 0 aliphatic rings. The Balaban J connectivity index is 2.29. The summed E-state index contributed by atoms with van der Waals surface area (Å²) in [5.41, 5.74) is 2.39. The van der Waals surface area contributed by atoms with Crippen LogP contribution in [0, 0.1) is 6.92 Å². The molecular weight excluding hydrogens is 214 g/mol. The Hall–Kier alpha value is -0.940. The zero-order chi connectivity index (χ0) is 9.97. The van der Waals surface area contributed by atoms with Gasteiger partial charge in [0.15, 0.2) is 5.82 Å². The van der Waals surface area contributed by atoms with Gasteiger partial charge in [0.05, 0.1) is 0 Å². The van der Waals surface area contributed by atoms with Gasteiger partial charge in [0.1, 0.15) is 0 Å². The van der Waals surface area contributed by atoms with Crippen molar-refractivity contribution in [2.24, 2.45) is 0 Å². The minimum atomic E-state index is 0.838. The molecule has 0 aliphatic heterocycles. The van der Waals surface area contributed by atoms with Crippen LogP contribution in [0.2, 0.25) is 0 Å². The molecule has 2 aromatic heterocycles. The van der Waals surface area contributed by atoms with Gasteiger partial charge in [-0.1, -0.05) is 0 Å². The maximum Gasteiger partial charge on any atom is 0.202 e. The van der Waals surface area contributed by atoms with Crippen molar-refractivity contribution in [2.45, 2.75) is 13.8 Å². The molecule has 1 N–H and O–H groups in total. The maximum atomic E-state index is 4.41. The zero-order valence-electron chi connectivity index (χ0n) is 8.07. The van der Waals surface area contributed by atoms with E-state index in [1.54, 1.807) is 11.3 Å². The third-order valence-corrected chi connectivity index (χ3v) is 3.38. The predicted molar refractivity (Wildman–Crippen MR) is 62.1 cm³/mol. The number of aromatic nitrogens is 2. The van der Waals surface area contributed by atoms with Gasteiger partial charge in [0.2, 0.25) is 5.13 Å². The van der Waals surface area contributed by atoms with Gasteiger partial charge >= 0.3 is 0 Å². The molecule has 0 amide bonds. The fourth-order valence-electron chi connectivity index (χ4n) is 1.15. The first kappa shape index (κ1) is 9.61. The SMILES string of the molecule is CCNc1nc(-c2cscc2C)ns1. The highest BCUT2D eigenvalue weighted by molar-refractivity contribution is 7.10. The Bertz CT molecular complexity index is 419. The minimum absolute atomic E-state index is 0.838. The van der Waals surface area contributed by atoms with E-state index >= 15 is 0 Å². The molecule has 0 bridgehead atoms. The van der Waals surface area contributed by atoms with Gasteiger partial charge in [-0.05, 0) is 24.8 Å². The van der Waals surface area contributed by atoms with Crippen molar-refractivity contribution in [1.82, 2.24) is 9.36 Å². The number of hydrogen-bond acceptors (Lipinski definition) is 5. The van der Waals surface area contributed by atoms with Crippen molar-refractivity contribution >= 4 is 28.0 Å². The predicted octanol–water partition coefficient (Wildman–Crippen LogP) is 3.01. The molecule has 3 nitrogen and oxygen atoms in total. The molecule has 2 heterocycles. The van der Waals surface area contributed by atoms with E-state index in [1.165, 1.54) is 17.1 Å². The highest BCUT2D eigenvalue weighted by atomic mass is 32.1. The molecule has 2 aromatic rings. The van der Waals surface area contributed by atoms with Crippen LogP contribution in [0.1, 0.15) is 12.5 Å². The molecule has 0 spiro atoms. The molecule has 0 radical (unpaired) electrons. The Morgan fingerprint density at radius 2 is 2.29 bits per heavy atom. The number of aryl methyl sites for hydroxylation is 1. The zero-order valence-corrected chi connectivity index (χ0v) is 9.71. The van der Waals surface area contributed by atoms with Crippen molar-refractivity contribution in [3.05, 3.63) is 16.3 Å². The quantitative estimate of drug-likeness (QED) is 0.872. The fourth-order valence-corrected chi connectivity index (χ4v) is 2.62. The Labute approximate surface area is 91.0 Å². The number of hydrogen-bond donors (Lipinski definition) is 1. The van der Waals surface area contributed by atoms with E-state index in [0.717, 1.165) is 23.1 Å². The first-order valence-corrected chi connectivity index (χ1v) is 6.13. The third kappa shape index (κ3) is 1.78. The molecule has 5 heteroatoms. The van der Waals surface area contributed by atoms with Gasteiger partial charge in [0, 0.05) is 29.0 Å². The smallest absolute Gasteiger partial charge is 0.202 e. The average molecular weight is 225 g/mol. The van der Waals surface area contributed by atoms with E-state index in [0.29, 0.717) is 0 Å². The van der Waals surface area contributed by atoms with Crippen LogP contribution >= 0.6 is 22.9 Å². The van der Waals surface area contributed by atoms with Gasteiger partial charge in [-0.3, -0.25) is 0 Å². The number of nitrogens with zero attached hydrogens (tertiary/aromatic N) is 2. The third-order valence-electron chi connectivity index (χ3n) is 1.85. The molecule has 14 heavy (non-hydrogen) atoms. The molecule has 0 saturated carbocycles. The summed E-state index contributed by atoms with van der Waals surface area (Å²) in [5.74, 6) is 0.838. The first-order chi connectivity index (χ1) is 6.81. The van der Waals surface area contributed by atoms with Crippen LogP contribution in [0.5, 0.6) is 0 Å². The summed E-state index contributed by atoms with van der Waals surface area (Å²) in [6.07, 6.45) is 0. The molecular formula is C9H11N3S2. The summed E-state index contributed by atoms with van der Waals surface area (Å²) in [7, 11) is 0. The van der Waals surface area contributed by atoms with Crippen molar-refractivity contribution < 1.29 is 0 Å². The number of anilines is 1. The van der Waals surface area contributed by atoms with Crippen molar-refractivity contribution in [2.75, 3.05) is 11.9 Å². The average Bonchev–Trinajstić information content (AvgIpc) is 2.74. The Morgan fingerprint density at radius 3 is 2.93 bits per heavy atom. The summed E-state index contributed by atoms with van der Waals surface area (Å²) in [5, 5.41) is 8.26. The first-order valence-electron chi connectivity index (χ1n) is 4.42. The van der Waals surface area contributed by atoms with Crippen LogP contribution in [0.4, 0.5) is 5.13 Å². The van der Waals surface area contributed by atoms with Crippen molar-refractivity contribution in [1.29, 1.82) is 0 Å².